The highest BCUT2D eigenvalue weighted by molar-refractivity contribution is 5.99. The summed E-state index contributed by atoms with van der Waals surface area (Å²) in [6.45, 7) is 4.93. The van der Waals surface area contributed by atoms with Crippen molar-refractivity contribution in [1.82, 2.24) is 9.80 Å². The van der Waals surface area contributed by atoms with Gasteiger partial charge < -0.3 is 24.8 Å². The molecule has 0 unspecified atom stereocenters. The Morgan fingerprint density at radius 3 is 2.45 bits per heavy atom. The number of para-hydroxylation sites is 1. The quantitative estimate of drug-likeness (QED) is 0.271. The van der Waals surface area contributed by atoms with E-state index >= 15 is 0 Å². The zero-order chi connectivity index (χ0) is 31.9. The first-order valence-corrected chi connectivity index (χ1v) is 14.5. The molecule has 0 radical (unpaired) electrons. The van der Waals surface area contributed by atoms with Gasteiger partial charge in [0.15, 0.2) is 0 Å². The number of halogens is 3. The Labute approximate surface area is 255 Å². The van der Waals surface area contributed by atoms with E-state index in [1.807, 2.05) is 68.6 Å². The number of alkyl halides is 3. The molecule has 1 aliphatic heterocycles. The number of aliphatic hydroxyl groups excluding tert-OH is 1. The van der Waals surface area contributed by atoms with Crippen molar-refractivity contribution in [3.05, 3.63) is 83.9 Å². The molecule has 0 saturated heterocycles. The van der Waals surface area contributed by atoms with E-state index in [0.717, 1.165) is 17.1 Å². The fraction of sp³-hybridized carbons (Fsp3) is 0.394. The number of benzene rings is 3. The third kappa shape index (κ3) is 9.20. The summed E-state index contributed by atoms with van der Waals surface area (Å²) in [5.41, 5.74) is 1.42. The predicted molar refractivity (Wildman–Crippen MR) is 161 cm³/mol. The van der Waals surface area contributed by atoms with Gasteiger partial charge in [-0.05, 0) is 62.0 Å². The van der Waals surface area contributed by atoms with E-state index < -0.39 is 36.9 Å². The summed E-state index contributed by atoms with van der Waals surface area (Å²) in [6, 6.07) is 21.3. The van der Waals surface area contributed by atoms with Crippen LogP contribution in [0.25, 0.3) is 0 Å². The molecule has 3 aromatic carbocycles. The van der Waals surface area contributed by atoms with Gasteiger partial charge in [0, 0.05) is 37.7 Å². The molecule has 0 saturated carbocycles. The number of rotatable bonds is 11. The number of carbonyl (C=O) groups excluding carboxylic acids is 2. The fourth-order valence-electron chi connectivity index (χ4n) is 4.97. The number of nitrogens with zero attached hydrogens (tertiary/aromatic N) is 2. The molecule has 3 atom stereocenters. The van der Waals surface area contributed by atoms with Gasteiger partial charge >= 0.3 is 6.18 Å². The molecule has 1 heterocycles. The van der Waals surface area contributed by atoms with Crippen LogP contribution in [0.2, 0.25) is 0 Å². The first kappa shape index (κ1) is 32.8. The van der Waals surface area contributed by atoms with Crippen LogP contribution >= 0.6 is 0 Å². The van der Waals surface area contributed by atoms with Gasteiger partial charge in [-0.25, -0.2) is 0 Å². The Bertz CT molecular complexity index is 1400. The SMILES string of the molecule is C[C@@H]1CN([C@H](C)CO)C(=O)c2cc(NC(=O)CCC(F)(F)F)ccc2O[C@@H]1CN(C)Cc1ccc(Oc2ccccc2)cc1. The average Bonchev–Trinajstić information content (AvgIpc) is 2.99. The number of anilines is 1. The molecule has 2 amide bonds. The van der Waals surface area contributed by atoms with E-state index in [4.69, 9.17) is 9.47 Å². The van der Waals surface area contributed by atoms with E-state index in [1.165, 1.54) is 12.1 Å². The van der Waals surface area contributed by atoms with E-state index in [0.29, 0.717) is 25.4 Å². The van der Waals surface area contributed by atoms with Crippen molar-refractivity contribution in [3.8, 4) is 17.2 Å². The zero-order valence-electron chi connectivity index (χ0n) is 25.0. The number of ether oxygens (including phenoxy) is 2. The van der Waals surface area contributed by atoms with Crippen LogP contribution in [-0.4, -0.2) is 71.8 Å². The van der Waals surface area contributed by atoms with E-state index in [-0.39, 0.29) is 29.9 Å². The topological polar surface area (TPSA) is 91.3 Å². The van der Waals surface area contributed by atoms with Crippen LogP contribution in [0.3, 0.4) is 0 Å². The van der Waals surface area contributed by atoms with E-state index in [2.05, 4.69) is 10.2 Å². The molecule has 0 bridgehead atoms. The maximum Gasteiger partial charge on any atom is 0.389 e. The van der Waals surface area contributed by atoms with Gasteiger partial charge in [-0.3, -0.25) is 14.5 Å². The van der Waals surface area contributed by atoms with E-state index in [1.54, 1.807) is 17.9 Å². The molecule has 8 nitrogen and oxygen atoms in total. The predicted octanol–water partition coefficient (Wildman–Crippen LogP) is 6.11. The number of hydrogen-bond donors (Lipinski definition) is 2. The van der Waals surface area contributed by atoms with Gasteiger partial charge in [0.1, 0.15) is 23.4 Å². The summed E-state index contributed by atoms with van der Waals surface area (Å²) in [6.07, 6.45) is -6.76. The van der Waals surface area contributed by atoms with Crippen molar-refractivity contribution in [2.75, 3.05) is 32.1 Å². The molecular formula is C33H38F3N3O5. The second-order valence-electron chi connectivity index (χ2n) is 11.3. The summed E-state index contributed by atoms with van der Waals surface area (Å²) in [5, 5.41) is 12.3. The van der Waals surface area contributed by atoms with Gasteiger partial charge in [-0.2, -0.15) is 13.2 Å². The highest BCUT2D eigenvalue weighted by Gasteiger charge is 2.34. The van der Waals surface area contributed by atoms with Crippen LogP contribution in [-0.2, 0) is 11.3 Å². The van der Waals surface area contributed by atoms with Gasteiger partial charge in [0.05, 0.1) is 24.6 Å². The molecular weight excluding hydrogens is 575 g/mol. The van der Waals surface area contributed by atoms with Crippen molar-refractivity contribution in [1.29, 1.82) is 0 Å². The van der Waals surface area contributed by atoms with Crippen molar-refractivity contribution in [2.45, 2.75) is 51.6 Å². The van der Waals surface area contributed by atoms with Crippen LogP contribution in [0.5, 0.6) is 17.2 Å². The van der Waals surface area contributed by atoms with Crippen molar-refractivity contribution < 1.29 is 37.3 Å². The number of likely N-dealkylation sites (N-methyl/N-ethyl adjacent to an activating group) is 1. The van der Waals surface area contributed by atoms with Gasteiger partial charge in [0.25, 0.3) is 5.91 Å². The third-order valence-corrected chi connectivity index (χ3v) is 7.43. The first-order chi connectivity index (χ1) is 20.9. The summed E-state index contributed by atoms with van der Waals surface area (Å²) in [4.78, 5) is 29.4. The van der Waals surface area contributed by atoms with Gasteiger partial charge in [-0.15, -0.1) is 0 Å². The summed E-state index contributed by atoms with van der Waals surface area (Å²) in [5.74, 6) is 0.471. The summed E-state index contributed by atoms with van der Waals surface area (Å²) >= 11 is 0. The Kier molecular flexibility index (Phi) is 10.9. The molecule has 2 N–H and O–H groups in total. The standard InChI is InChI=1S/C33H38F3N3O5/c1-22-18-39(23(2)21-40)32(42)28-17-25(37-31(41)15-16-33(34,35)36)11-14-29(28)44-30(22)20-38(3)19-24-9-12-27(13-10-24)43-26-7-5-4-6-8-26/h4-14,17,22-23,30,40H,15-16,18-21H2,1-3H3,(H,37,41)/t22-,23-,30-/m1/s1. The Morgan fingerprint density at radius 1 is 1.11 bits per heavy atom. The van der Waals surface area contributed by atoms with Crippen LogP contribution in [0.15, 0.2) is 72.8 Å². The normalized spacial score (nSPS) is 17.7. The Morgan fingerprint density at radius 2 is 1.80 bits per heavy atom. The molecule has 1 aliphatic rings. The third-order valence-electron chi connectivity index (χ3n) is 7.43. The molecule has 0 aliphatic carbocycles. The number of carbonyl (C=O) groups is 2. The van der Waals surface area contributed by atoms with Crippen LogP contribution in [0, 0.1) is 5.92 Å². The van der Waals surface area contributed by atoms with Gasteiger partial charge in [0.2, 0.25) is 5.91 Å². The fourth-order valence-corrected chi connectivity index (χ4v) is 4.97. The Hall–Kier alpha value is -4.09. The minimum Gasteiger partial charge on any atom is -0.488 e. The van der Waals surface area contributed by atoms with Crippen LogP contribution < -0.4 is 14.8 Å². The molecule has 44 heavy (non-hydrogen) atoms. The smallest absolute Gasteiger partial charge is 0.389 e. The van der Waals surface area contributed by atoms with Crippen LogP contribution in [0.4, 0.5) is 18.9 Å². The highest BCUT2D eigenvalue weighted by Crippen LogP contribution is 2.31. The minimum atomic E-state index is -4.45. The molecule has 4 rings (SSSR count). The maximum absolute atomic E-state index is 13.6. The molecule has 0 fully saturated rings. The monoisotopic (exact) mass is 613 g/mol. The number of amides is 2. The largest absolute Gasteiger partial charge is 0.488 e. The summed E-state index contributed by atoms with van der Waals surface area (Å²) in [7, 11) is 1.98. The second-order valence-corrected chi connectivity index (χ2v) is 11.3. The lowest BCUT2D eigenvalue weighted by Crippen LogP contribution is -2.49. The Balaban J connectivity index is 1.48. The maximum atomic E-state index is 13.6. The van der Waals surface area contributed by atoms with E-state index in [9.17, 15) is 27.9 Å². The molecule has 3 aromatic rings. The number of aliphatic hydroxyl groups is 1. The molecule has 236 valence electrons. The lowest BCUT2D eigenvalue weighted by molar-refractivity contribution is -0.142. The molecule has 0 aromatic heterocycles. The van der Waals surface area contributed by atoms with Crippen molar-refractivity contribution in [3.63, 3.8) is 0 Å². The second kappa shape index (κ2) is 14.6. The highest BCUT2D eigenvalue weighted by atomic mass is 19.4. The first-order valence-electron chi connectivity index (χ1n) is 14.5. The van der Waals surface area contributed by atoms with Gasteiger partial charge in [-0.1, -0.05) is 37.3 Å². The summed E-state index contributed by atoms with van der Waals surface area (Å²) < 4.78 is 50.0. The molecule has 0 spiro atoms. The van der Waals surface area contributed by atoms with Crippen molar-refractivity contribution in [2.24, 2.45) is 5.92 Å². The molecule has 11 heteroatoms. The number of hydrogen-bond acceptors (Lipinski definition) is 6. The van der Waals surface area contributed by atoms with Crippen LogP contribution in [0.1, 0.15) is 42.6 Å². The van der Waals surface area contributed by atoms with Crippen molar-refractivity contribution >= 4 is 17.5 Å². The number of fused-ring (bicyclic) bond motifs is 1. The minimum absolute atomic E-state index is 0.105. The average molecular weight is 614 g/mol. The lowest BCUT2D eigenvalue weighted by Gasteiger charge is -2.38. The lowest BCUT2D eigenvalue weighted by atomic mass is 9.99. The number of nitrogens with one attached hydrogen (secondary N) is 1. The zero-order valence-corrected chi connectivity index (χ0v) is 25.0.